The van der Waals surface area contributed by atoms with Gasteiger partial charge in [0.2, 0.25) is 0 Å². The zero-order valence-corrected chi connectivity index (χ0v) is 8.67. The Bertz CT molecular complexity index is 386. The Balaban J connectivity index is 2.37. The first kappa shape index (κ1) is 10.2. The normalized spacial score (nSPS) is 17.3. The molecule has 0 unspecified atom stereocenters. The van der Waals surface area contributed by atoms with E-state index in [9.17, 15) is 4.39 Å². The molecular weight excluding hydrogens is 189 g/mol. The van der Waals surface area contributed by atoms with Crippen LogP contribution >= 0.6 is 0 Å². The molecule has 2 heteroatoms. The van der Waals surface area contributed by atoms with Crippen molar-refractivity contribution in [3.05, 3.63) is 35.1 Å². The van der Waals surface area contributed by atoms with Gasteiger partial charge in [-0.15, -0.1) is 0 Å². The highest BCUT2D eigenvalue weighted by Crippen LogP contribution is 2.35. The Morgan fingerprint density at radius 2 is 1.93 bits per heavy atom. The summed E-state index contributed by atoms with van der Waals surface area (Å²) in [4.78, 5) is 0. The predicted molar refractivity (Wildman–Crippen MR) is 56.9 cm³/mol. The Kier molecular flexibility index (Phi) is 3.01. The molecule has 0 atom stereocenters. The maximum Gasteiger partial charge on any atom is 0.127 e. The zero-order valence-electron chi connectivity index (χ0n) is 8.67. The van der Waals surface area contributed by atoms with Crippen LogP contribution in [0.25, 0.3) is 0 Å². The molecule has 1 saturated carbocycles. The number of nitrogens with zero attached hydrogens (tertiary/aromatic N) is 1. The van der Waals surface area contributed by atoms with Gasteiger partial charge >= 0.3 is 0 Å². The second kappa shape index (κ2) is 4.44. The molecule has 0 amide bonds. The van der Waals surface area contributed by atoms with E-state index in [1.54, 1.807) is 12.1 Å². The fraction of sp³-hybridized carbons (Fsp3) is 0.462. The Morgan fingerprint density at radius 3 is 2.60 bits per heavy atom. The van der Waals surface area contributed by atoms with E-state index < -0.39 is 0 Å². The number of hydrogen-bond donors (Lipinski definition) is 0. The summed E-state index contributed by atoms with van der Waals surface area (Å²) in [7, 11) is 0. The molecule has 0 aromatic heterocycles. The number of hydrogen-bond acceptors (Lipinski definition) is 1. The smallest absolute Gasteiger partial charge is 0.127 e. The fourth-order valence-electron chi connectivity index (χ4n) is 2.44. The third kappa shape index (κ3) is 2.02. The van der Waals surface area contributed by atoms with Crippen LogP contribution in [0.3, 0.4) is 0 Å². The second-order valence-corrected chi connectivity index (χ2v) is 4.15. The lowest BCUT2D eigenvalue weighted by Gasteiger charge is -2.23. The molecule has 0 bridgehead atoms. The van der Waals surface area contributed by atoms with Gasteiger partial charge < -0.3 is 0 Å². The zero-order chi connectivity index (χ0) is 10.7. The van der Waals surface area contributed by atoms with E-state index in [2.05, 4.69) is 6.07 Å². The number of halogens is 1. The summed E-state index contributed by atoms with van der Waals surface area (Å²) in [5, 5.41) is 8.96. The molecule has 0 spiro atoms. The van der Waals surface area contributed by atoms with Gasteiger partial charge in [0.25, 0.3) is 0 Å². The largest absolute Gasteiger partial charge is 0.207 e. The van der Waals surface area contributed by atoms with E-state index in [1.165, 1.54) is 12.5 Å². The van der Waals surface area contributed by atoms with E-state index in [4.69, 9.17) is 5.26 Å². The lowest BCUT2D eigenvalue weighted by Crippen LogP contribution is -2.08. The Labute approximate surface area is 89.5 Å². The van der Waals surface area contributed by atoms with E-state index in [0.29, 0.717) is 11.1 Å². The second-order valence-electron chi connectivity index (χ2n) is 4.15. The molecule has 0 heterocycles. The molecule has 1 aromatic rings. The SMILES string of the molecule is N#Cc1cccc(F)c1C1CCCCC1. The minimum atomic E-state index is -0.207. The lowest BCUT2D eigenvalue weighted by molar-refractivity contribution is 0.429. The van der Waals surface area contributed by atoms with E-state index >= 15 is 0 Å². The van der Waals surface area contributed by atoms with Crippen molar-refractivity contribution >= 4 is 0 Å². The quantitative estimate of drug-likeness (QED) is 0.682. The van der Waals surface area contributed by atoms with Crippen LogP contribution in [0.15, 0.2) is 18.2 Å². The third-order valence-electron chi connectivity index (χ3n) is 3.19. The summed E-state index contributed by atoms with van der Waals surface area (Å²) >= 11 is 0. The molecule has 1 aliphatic rings. The monoisotopic (exact) mass is 203 g/mol. The highest BCUT2D eigenvalue weighted by atomic mass is 19.1. The van der Waals surface area contributed by atoms with Crippen molar-refractivity contribution in [2.75, 3.05) is 0 Å². The van der Waals surface area contributed by atoms with Crippen LogP contribution < -0.4 is 0 Å². The van der Waals surface area contributed by atoms with Crippen molar-refractivity contribution in [2.24, 2.45) is 0 Å². The van der Waals surface area contributed by atoms with Gasteiger partial charge in [0, 0.05) is 5.56 Å². The maximum atomic E-state index is 13.7. The summed E-state index contributed by atoms with van der Waals surface area (Å²) in [6, 6.07) is 6.88. The van der Waals surface area contributed by atoms with E-state index in [-0.39, 0.29) is 11.7 Å². The van der Waals surface area contributed by atoms with E-state index in [0.717, 1.165) is 25.7 Å². The van der Waals surface area contributed by atoms with Crippen molar-refractivity contribution in [2.45, 2.75) is 38.0 Å². The van der Waals surface area contributed by atoms with Gasteiger partial charge in [0.15, 0.2) is 0 Å². The molecule has 0 saturated heterocycles. The minimum absolute atomic E-state index is 0.207. The summed E-state index contributed by atoms with van der Waals surface area (Å²) < 4.78 is 13.7. The maximum absolute atomic E-state index is 13.7. The van der Waals surface area contributed by atoms with Gasteiger partial charge in [-0.1, -0.05) is 25.3 Å². The van der Waals surface area contributed by atoms with Crippen LogP contribution in [0.4, 0.5) is 4.39 Å². The van der Waals surface area contributed by atoms with Gasteiger partial charge in [-0.2, -0.15) is 5.26 Å². The molecule has 2 rings (SSSR count). The molecule has 1 fully saturated rings. The number of nitriles is 1. The van der Waals surface area contributed by atoms with E-state index in [1.807, 2.05) is 0 Å². The van der Waals surface area contributed by atoms with Crippen LogP contribution in [0.2, 0.25) is 0 Å². The van der Waals surface area contributed by atoms with Gasteiger partial charge in [-0.05, 0) is 30.9 Å². The van der Waals surface area contributed by atoms with Gasteiger partial charge in [0.05, 0.1) is 11.6 Å². The van der Waals surface area contributed by atoms with Crippen LogP contribution in [0.5, 0.6) is 0 Å². The molecule has 0 radical (unpaired) electrons. The molecule has 1 aliphatic carbocycles. The van der Waals surface area contributed by atoms with Crippen molar-refractivity contribution in [1.82, 2.24) is 0 Å². The predicted octanol–water partition coefficient (Wildman–Crippen LogP) is 3.75. The average molecular weight is 203 g/mol. The van der Waals surface area contributed by atoms with Crippen LogP contribution in [0, 0.1) is 17.1 Å². The minimum Gasteiger partial charge on any atom is -0.207 e. The Hall–Kier alpha value is -1.36. The fourth-order valence-corrected chi connectivity index (χ4v) is 2.44. The van der Waals surface area contributed by atoms with Crippen molar-refractivity contribution in [3.63, 3.8) is 0 Å². The molecule has 78 valence electrons. The summed E-state index contributed by atoms with van der Waals surface area (Å²) in [6.07, 6.45) is 5.60. The first-order chi connectivity index (χ1) is 7.33. The lowest BCUT2D eigenvalue weighted by atomic mass is 9.82. The first-order valence-electron chi connectivity index (χ1n) is 5.51. The molecular formula is C13H14FN. The Morgan fingerprint density at radius 1 is 1.20 bits per heavy atom. The van der Waals surface area contributed by atoms with Gasteiger partial charge in [-0.25, -0.2) is 4.39 Å². The highest BCUT2D eigenvalue weighted by molar-refractivity contribution is 5.40. The van der Waals surface area contributed by atoms with Crippen molar-refractivity contribution in [3.8, 4) is 6.07 Å². The summed E-state index contributed by atoms with van der Waals surface area (Å²) in [5.41, 5.74) is 1.17. The van der Waals surface area contributed by atoms with Crippen molar-refractivity contribution in [1.29, 1.82) is 5.26 Å². The summed E-state index contributed by atoms with van der Waals surface area (Å²) in [5.74, 6) is 0.0514. The number of benzene rings is 1. The average Bonchev–Trinajstić information content (AvgIpc) is 2.29. The molecule has 0 aliphatic heterocycles. The highest BCUT2D eigenvalue weighted by Gasteiger charge is 2.21. The van der Waals surface area contributed by atoms with Crippen LogP contribution in [0.1, 0.15) is 49.1 Å². The van der Waals surface area contributed by atoms with Gasteiger partial charge in [0.1, 0.15) is 5.82 Å². The van der Waals surface area contributed by atoms with Crippen molar-refractivity contribution < 1.29 is 4.39 Å². The van der Waals surface area contributed by atoms with Gasteiger partial charge in [-0.3, -0.25) is 0 Å². The molecule has 1 nitrogen and oxygen atoms in total. The van der Waals surface area contributed by atoms with Crippen LogP contribution in [-0.2, 0) is 0 Å². The molecule has 15 heavy (non-hydrogen) atoms. The molecule has 0 N–H and O–H groups in total. The molecule has 1 aromatic carbocycles. The van der Waals surface area contributed by atoms with Crippen LogP contribution in [-0.4, -0.2) is 0 Å². The number of rotatable bonds is 1. The standard InChI is InChI=1S/C13H14FN/c14-12-8-4-7-11(9-15)13(12)10-5-2-1-3-6-10/h4,7-8,10H,1-3,5-6H2. The third-order valence-corrected chi connectivity index (χ3v) is 3.19. The first-order valence-corrected chi connectivity index (χ1v) is 5.51. The summed E-state index contributed by atoms with van der Waals surface area (Å²) in [6.45, 7) is 0. The topological polar surface area (TPSA) is 23.8 Å².